The van der Waals surface area contributed by atoms with Crippen molar-refractivity contribution in [1.29, 1.82) is 0 Å². The van der Waals surface area contributed by atoms with E-state index in [-0.39, 0.29) is 11.3 Å². The van der Waals surface area contributed by atoms with Crippen LogP contribution in [-0.2, 0) is 9.53 Å². The lowest BCUT2D eigenvalue weighted by atomic mass is 9.51. The topological polar surface area (TPSA) is 46.5 Å². The Hall–Kier alpha value is -0.190. The molecule has 0 aromatic rings. The van der Waals surface area contributed by atoms with Gasteiger partial charge in [0, 0.05) is 13.0 Å². The fourth-order valence-electron chi connectivity index (χ4n) is 7.38. The molecular formula is C22H33BrO3. The Bertz CT molecular complexity index is 602. The summed E-state index contributed by atoms with van der Waals surface area (Å²) in [5, 5.41) is 11.3. The standard InChI is InChI=1S/C22H33BrO3/c1-21-9-7-16-15-8-10-22(25,13-26-2)11-14(15)3-4-17(16)18(21)5-6-19(21)20(24)12-23/h3,15-19,25H,4-13H2,1-2H3/t15-,16+,17+,18-,19+,21-,22+/m0/s1. The van der Waals surface area contributed by atoms with Gasteiger partial charge in [0.2, 0.25) is 0 Å². The number of Topliss-reactive ketones (excluding diaryl/α,β-unsaturated/α-hetero) is 1. The highest BCUT2D eigenvalue weighted by Gasteiger charge is 2.57. The minimum absolute atomic E-state index is 0.211. The molecule has 0 spiro atoms. The number of rotatable bonds is 4. The Morgan fingerprint density at radius 1 is 1.27 bits per heavy atom. The number of halogens is 1. The largest absolute Gasteiger partial charge is 0.387 e. The van der Waals surface area contributed by atoms with Crippen molar-refractivity contribution >= 4 is 21.7 Å². The second kappa shape index (κ2) is 7.00. The number of ketones is 1. The van der Waals surface area contributed by atoms with E-state index < -0.39 is 5.60 Å². The molecular weight excluding hydrogens is 392 g/mol. The smallest absolute Gasteiger partial charge is 0.147 e. The van der Waals surface area contributed by atoms with E-state index in [2.05, 4.69) is 28.9 Å². The van der Waals surface area contributed by atoms with Gasteiger partial charge in [0.1, 0.15) is 5.78 Å². The predicted octanol–water partition coefficient (Wildman–Crippen LogP) is 4.52. The highest BCUT2D eigenvalue weighted by molar-refractivity contribution is 9.09. The maximum atomic E-state index is 12.5. The van der Waals surface area contributed by atoms with E-state index in [0.29, 0.717) is 29.6 Å². The molecule has 0 aromatic carbocycles. The van der Waals surface area contributed by atoms with Crippen LogP contribution < -0.4 is 0 Å². The minimum atomic E-state index is -0.659. The van der Waals surface area contributed by atoms with Gasteiger partial charge in [-0.25, -0.2) is 0 Å². The normalized spacial score (nSPS) is 47.5. The van der Waals surface area contributed by atoms with Gasteiger partial charge in [0.15, 0.2) is 0 Å². The summed E-state index contributed by atoms with van der Waals surface area (Å²) in [6.45, 7) is 2.85. The Morgan fingerprint density at radius 3 is 2.81 bits per heavy atom. The third-order valence-corrected chi connectivity index (χ3v) is 9.08. The summed E-state index contributed by atoms with van der Waals surface area (Å²) in [5.41, 5.74) is 1.04. The molecule has 0 aromatic heterocycles. The summed E-state index contributed by atoms with van der Waals surface area (Å²) in [7, 11) is 1.68. The molecule has 0 heterocycles. The van der Waals surface area contributed by atoms with Gasteiger partial charge in [0.25, 0.3) is 0 Å². The molecule has 3 saturated carbocycles. The van der Waals surface area contributed by atoms with E-state index in [0.717, 1.165) is 43.9 Å². The number of methoxy groups -OCH3 is 1. The van der Waals surface area contributed by atoms with Crippen LogP contribution in [0.2, 0.25) is 0 Å². The monoisotopic (exact) mass is 424 g/mol. The molecule has 0 amide bonds. The molecule has 4 heteroatoms. The molecule has 0 saturated heterocycles. The van der Waals surface area contributed by atoms with Crippen molar-refractivity contribution in [3.63, 3.8) is 0 Å². The molecule has 26 heavy (non-hydrogen) atoms. The Labute approximate surface area is 166 Å². The van der Waals surface area contributed by atoms with Crippen molar-refractivity contribution < 1.29 is 14.6 Å². The lowest BCUT2D eigenvalue weighted by molar-refractivity contribution is -0.126. The van der Waals surface area contributed by atoms with Crippen LogP contribution in [0.3, 0.4) is 0 Å². The van der Waals surface area contributed by atoms with E-state index in [9.17, 15) is 9.90 Å². The number of hydrogen-bond acceptors (Lipinski definition) is 3. The molecule has 0 bridgehead atoms. The maximum absolute atomic E-state index is 12.5. The number of fused-ring (bicyclic) bond motifs is 5. The molecule has 7 atom stereocenters. The number of ether oxygens (including phenoxy) is 1. The molecule has 0 radical (unpaired) electrons. The number of hydrogen-bond donors (Lipinski definition) is 1. The summed E-state index contributed by atoms with van der Waals surface area (Å²) < 4.78 is 5.27. The van der Waals surface area contributed by atoms with Gasteiger partial charge < -0.3 is 9.84 Å². The quantitative estimate of drug-likeness (QED) is 0.532. The van der Waals surface area contributed by atoms with E-state index in [1.54, 1.807) is 7.11 Å². The molecule has 0 unspecified atom stereocenters. The van der Waals surface area contributed by atoms with Crippen molar-refractivity contribution in [2.24, 2.45) is 35.0 Å². The van der Waals surface area contributed by atoms with Crippen LogP contribution in [0.5, 0.6) is 0 Å². The van der Waals surface area contributed by atoms with Crippen molar-refractivity contribution in [2.45, 2.75) is 63.9 Å². The van der Waals surface area contributed by atoms with Crippen LogP contribution in [0.1, 0.15) is 58.3 Å². The molecule has 4 aliphatic rings. The van der Waals surface area contributed by atoms with Crippen molar-refractivity contribution in [1.82, 2.24) is 0 Å². The summed E-state index contributed by atoms with van der Waals surface area (Å²) in [4.78, 5) is 12.5. The minimum Gasteiger partial charge on any atom is -0.387 e. The van der Waals surface area contributed by atoms with Gasteiger partial charge in [-0.15, -0.1) is 0 Å². The van der Waals surface area contributed by atoms with Crippen LogP contribution in [0.4, 0.5) is 0 Å². The van der Waals surface area contributed by atoms with Crippen molar-refractivity contribution in [3.05, 3.63) is 11.6 Å². The zero-order valence-corrected chi connectivity index (χ0v) is 17.8. The number of allylic oxidation sites excluding steroid dienone is 1. The fourth-order valence-corrected chi connectivity index (χ4v) is 7.77. The van der Waals surface area contributed by atoms with Crippen molar-refractivity contribution in [2.75, 3.05) is 19.0 Å². The number of carbonyl (C=O) groups is 1. The van der Waals surface area contributed by atoms with Crippen LogP contribution in [0, 0.1) is 35.0 Å². The highest BCUT2D eigenvalue weighted by Crippen LogP contribution is 2.63. The van der Waals surface area contributed by atoms with E-state index in [1.807, 2.05) is 0 Å². The van der Waals surface area contributed by atoms with Gasteiger partial charge in [-0.2, -0.15) is 0 Å². The Kier molecular flexibility index (Phi) is 5.16. The number of carbonyl (C=O) groups excluding carboxylic acids is 1. The average molecular weight is 425 g/mol. The summed E-state index contributed by atoms with van der Waals surface area (Å²) in [5.74, 6) is 3.54. The van der Waals surface area contributed by atoms with Gasteiger partial charge in [-0.1, -0.05) is 34.5 Å². The average Bonchev–Trinajstić information content (AvgIpc) is 2.98. The molecule has 1 N–H and O–H groups in total. The van der Waals surface area contributed by atoms with Crippen LogP contribution >= 0.6 is 15.9 Å². The van der Waals surface area contributed by atoms with Gasteiger partial charge >= 0.3 is 0 Å². The SMILES string of the molecule is COC[C@@]1(O)CC[C@H]2C(=CC[C@@H]3[C@@H]2CC[C@]2(C)[C@@H](C(=O)CBr)CC[C@@H]32)C1. The van der Waals surface area contributed by atoms with Crippen molar-refractivity contribution in [3.8, 4) is 0 Å². The first-order valence-corrected chi connectivity index (χ1v) is 11.5. The first-order chi connectivity index (χ1) is 12.4. The summed E-state index contributed by atoms with van der Waals surface area (Å²) >= 11 is 3.41. The maximum Gasteiger partial charge on any atom is 0.147 e. The fraction of sp³-hybridized carbons (Fsp3) is 0.864. The number of alkyl halides is 1. The third-order valence-electron chi connectivity index (χ3n) is 8.53. The van der Waals surface area contributed by atoms with Gasteiger partial charge in [-0.05, 0) is 80.5 Å². The molecule has 3 fully saturated rings. The molecule has 4 rings (SSSR count). The lowest BCUT2D eigenvalue weighted by Gasteiger charge is -2.54. The zero-order chi connectivity index (χ0) is 18.5. The molecule has 4 aliphatic carbocycles. The highest BCUT2D eigenvalue weighted by atomic mass is 79.9. The Balaban J connectivity index is 1.55. The van der Waals surface area contributed by atoms with Crippen LogP contribution in [0.15, 0.2) is 11.6 Å². The zero-order valence-electron chi connectivity index (χ0n) is 16.2. The second-order valence-electron chi connectivity index (χ2n) is 9.70. The molecule has 3 nitrogen and oxygen atoms in total. The first kappa shape index (κ1) is 19.1. The summed E-state index contributed by atoms with van der Waals surface area (Å²) in [6, 6.07) is 0. The summed E-state index contributed by atoms with van der Waals surface area (Å²) in [6.07, 6.45) is 11.1. The third kappa shape index (κ3) is 2.95. The Morgan fingerprint density at radius 2 is 2.08 bits per heavy atom. The predicted molar refractivity (Wildman–Crippen MR) is 106 cm³/mol. The van der Waals surface area contributed by atoms with Gasteiger partial charge in [0.05, 0.1) is 17.5 Å². The molecule has 0 aliphatic heterocycles. The molecule has 146 valence electrons. The van der Waals surface area contributed by atoms with E-state index in [1.165, 1.54) is 24.8 Å². The first-order valence-electron chi connectivity index (χ1n) is 10.4. The number of aliphatic hydroxyl groups is 1. The van der Waals surface area contributed by atoms with E-state index >= 15 is 0 Å². The second-order valence-corrected chi connectivity index (χ2v) is 10.3. The van der Waals surface area contributed by atoms with Crippen LogP contribution in [-0.4, -0.2) is 35.5 Å². The van der Waals surface area contributed by atoms with Gasteiger partial charge in [-0.3, -0.25) is 4.79 Å². The van der Waals surface area contributed by atoms with E-state index in [4.69, 9.17) is 4.74 Å². The lowest BCUT2D eigenvalue weighted by Crippen LogP contribution is -2.49. The van der Waals surface area contributed by atoms with Crippen LogP contribution in [0.25, 0.3) is 0 Å².